The molecule has 1 amide bonds. The van der Waals surface area contributed by atoms with Crippen molar-refractivity contribution in [2.24, 2.45) is 5.14 Å². The summed E-state index contributed by atoms with van der Waals surface area (Å²) in [5.41, 5.74) is 1.81. The topological polar surface area (TPSA) is 159 Å². The molecule has 0 spiro atoms. The van der Waals surface area contributed by atoms with E-state index in [0.717, 1.165) is 5.56 Å². The molecule has 3 N–H and O–H groups in total. The maximum atomic E-state index is 12.5. The number of rotatable bonds is 8. The molecule has 4 rings (SSSR count). The molecule has 33 heavy (non-hydrogen) atoms. The lowest BCUT2D eigenvalue weighted by Crippen LogP contribution is -2.26. The van der Waals surface area contributed by atoms with E-state index in [1.165, 1.54) is 18.5 Å². The van der Waals surface area contributed by atoms with E-state index in [1.54, 1.807) is 41.2 Å². The second kappa shape index (κ2) is 9.30. The Morgan fingerprint density at radius 3 is 2.67 bits per heavy atom. The molecular weight excluding hydrogens is 446 g/mol. The molecule has 0 aliphatic rings. The van der Waals surface area contributed by atoms with Crippen LogP contribution in [0, 0.1) is 0 Å². The Balaban J connectivity index is 1.38. The number of carbonyl (C=O) groups excluding carboxylic acids is 1. The summed E-state index contributed by atoms with van der Waals surface area (Å²) in [5, 5.41) is 11.8. The van der Waals surface area contributed by atoms with Crippen LogP contribution in [-0.4, -0.2) is 45.5 Å². The van der Waals surface area contributed by atoms with Crippen molar-refractivity contribution in [3.05, 3.63) is 72.2 Å². The van der Waals surface area contributed by atoms with Gasteiger partial charge in [-0.25, -0.2) is 23.5 Å². The lowest BCUT2D eigenvalue weighted by atomic mass is 10.1. The molecule has 0 aliphatic carbocycles. The average molecular weight is 468 g/mol. The predicted octanol–water partition coefficient (Wildman–Crippen LogP) is 1.50. The van der Waals surface area contributed by atoms with Crippen LogP contribution in [-0.2, 0) is 22.9 Å². The van der Waals surface area contributed by atoms with Gasteiger partial charge in [0.1, 0.15) is 17.8 Å². The van der Waals surface area contributed by atoms with Gasteiger partial charge in [-0.15, -0.1) is 0 Å². The van der Waals surface area contributed by atoms with E-state index in [9.17, 15) is 13.2 Å². The first-order chi connectivity index (χ1) is 15.8. The number of nitrogens with zero attached hydrogens (tertiary/aromatic N) is 5. The highest BCUT2D eigenvalue weighted by Gasteiger charge is 2.13. The summed E-state index contributed by atoms with van der Waals surface area (Å²) < 4.78 is 29.5. The Morgan fingerprint density at radius 2 is 1.97 bits per heavy atom. The van der Waals surface area contributed by atoms with Gasteiger partial charge < -0.3 is 9.84 Å². The minimum Gasteiger partial charge on any atom is -0.350 e. The number of aromatic nitrogens is 5. The van der Waals surface area contributed by atoms with E-state index in [0.29, 0.717) is 42.5 Å². The van der Waals surface area contributed by atoms with Crippen molar-refractivity contribution in [2.75, 3.05) is 6.54 Å². The van der Waals surface area contributed by atoms with E-state index in [4.69, 9.17) is 9.66 Å². The van der Waals surface area contributed by atoms with Crippen LogP contribution in [0.25, 0.3) is 17.3 Å². The fourth-order valence-electron chi connectivity index (χ4n) is 3.03. The van der Waals surface area contributed by atoms with Gasteiger partial charge in [0.25, 0.3) is 11.8 Å². The number of primary sulfonamides is 1. The van der Waals surface area contributed by atoms with Crippen LogP contribution >= 0.6 is 0 Å². The van der Waals surface area contributed by atoms with Gasteiger partial charge in [-0.2, -0.15) is 4.98 Å². The number of aryl methyl sites for hydroxylation is 1. The Labute approximate surface area is 189 Å². The van der Waals surface area contributed by atoms with E-state index in [2.05, 4.69) is 25.4 Å². The zero-order valence-corrected chi connectivity index (χ0v) is 18.5. The van der Waals surface area contributed by atoms with Gasteiger partial charge in [-0.1, -0.05) is 24.2 Å². The van der Waals surface area contributed by atoms with Gasteiger partial charge >= 0.3 is 0 Å². The van der Waals surface area contributed by atoms with Crippen molar-refractivity contribution in [3.8, 4) is 17.3 Å². The second-order valence-electron chi connectivity index (χ2n) is 7.13. The Hall–Kier alpha value is -3.90. The molecule has 0 aliphatic heterocycles. The maximum absolute atomic E-state index is 12.5. The third kappa shape index (κ3) is 5.30. The number of carbonyl (C=O) groups is 1. The first kappa shape index (κ1) is 22.3. The van der Waals surface area contributed by atoms with Crippen LogP contribution < -0.4 is 10.5 Å². The van der Waals surface area contributed by atoms with Gasteiger partial charge in [-0.05, 0) is 36.2 Å². The molecule has 4 aromatic rings. The van der Waals surface area contributed by atoms with Crippen molar-refractivity contribution in [2.45, 2.75) is 24.7 Å². The van der Waals surface area contributed by atoms with E-state index >= 15 is 0 Å². The lowest BCUT2D eigenvalue weighted by molar-refractivity contribution is 0.0949. The molecule has 11 nitrogen and oxygen atoms in total. The van der Waals surface area contributed by atoms with Gasteiger partial charge in [0.05, 0.1) is 4.90 Å². The lowest BCUT2D eigenvalue weighted by Gasteiger charge is -2.05. The highest BCUT2D eigenvalue weighted by Crippen LogP contribution is 2.19. The minimum atomic E-state index is -3.73. The fourth-order valence-corrected chi connectivity index (χ4v) is 3.54. The number of amides is 1. The summed E-state index contributed by atoms with van der Waals surface area (Å²) in [5.74, 6) is 1.22. The second-order valence-corrected chi connectivity index (χ2v) is 8.69. The SMILES string of the molecule is CCc1noc(-c2ccnc(-n3cnc(C(=O)NCCc4ccc(S(N)(=O)=O)cc4)c3)c2)n1. The van der Waals surface area contributed by atoms with E-state index in [1.807, 2.05) is 6.92 Å². The predicted molar refractivity (Wildman–Crippen MR) is 118 cm³/mol. The van der Waals surface area contributed by atoms with Gasteiger partial charge in [0.2, 0.25) is 10.0 Å². The van der Waals surface area contributed by atoms with Crippen LogP contribution in [0.1, 0.15) is 28.8 Å². The van der Waals surface area contributed by atoms with Gasteiger partial charge in [0, 0.05) is 30.9 Å². The van der Waals surface area contributed by atoms with Gasteiger partial charge in [-0.3, -0.25) is 9.36 Å². The normalized spacial score (nSPS) is 11.5. The zero-order chi connectivity index (χ0) is 23.4. The van der Waals surface area contributed by atoms with E-state index in [-0.39, 0.29) is 16.5 Å². The molecule has 0 saturated carbocycles. The summed E-state index contributed by atoms with van der Waals surface area (Å²) in [6.45, 7) is 2.29. The minimum absolute atomic E-state index is 0.0448. The summed E-state index contributed by atoms with van der Waals surface area (Å²) >= 11 is 0. The molecule has 1 aromatic carbocycles. The smallest absolute Gasteiger partial charge is 0.271 e. The third-order valence-electron chi connectivity index (χ3n) is 4.81. The molecule has 0 unspecified atom stereocenters. The number of imidazole rings is 1. The number of nitrogens with two attached hydrogens (primary N) is 1. The summed E-state index contributed by atoms with van der Waals surface area (Å²) in [6, 6.07) is 9.72. The molecule has 0 fully saturated rings. The number of benzene rings is 1. The molecule has 170 valence electrons. The Morgan fingerprint density at radius 1 is 1.18 bits per heavy atom. The monoisotopic (exact) mass is 467 g/mol. The average Bonchev–Trinajstić information content (AvgIpc) is 3.49. The quantitative estimate of drug-likeness (QED) is 0.394. The highest BCUT2D eigenvalue weighted by molar-refractivity contribution is 7.89. The van der Waals surface area contributed by atoms with Crippen molar-refractivity contribution in [3.63, 3.8) is 0 Å². The molecule has 0 bridgehead atoms. The van der Waals surface area contributed by atoms with Crippen molar-refractivity contribution in [1.29, 1.82) is 0 Å². The van der Waals surface area contributed by atoms with Crippen LogP contribution in [0.3, 0.4) is 0 Å². The highest BCUT2D eigenvalue weighted by atomic mass is 32.2. The Bertz CT molecular complexity index is 1380. The molecule has 3 aromatic heterocycles. The van der Waals surface area contributed by atoms with Crippen molar-refractivity contribution >= 4 is 15.9 Å². The van der Waals surface area contributed by atoms with Crippen LogP contribution in [0.15, 0.2) is 64.5 Å². The summed E-state index contributed by atoms with van der Waals surface area (Å²) in [7, 11) is -3.73. The van der Waals surface area contributed by atoms with Crippen LogP contribution in [0.4, 0.5) is 0 Å². The van der Waals surface area contributed by atoms with Gasteiger partial charge in [0.15, 0.2) is 5.82 Å². The molecule has 0 saturated heterocycles. The summed E-state index contributed by atoms with van der Waals surface area (Å²) in [4.78, 5) is 25.3. The molecule has 0 atom stereocenters. The zero-order valence-electron chi connectivity index (χ0n) is 17.7. The molecule has 0 radical (unpaired) electrons. The maximum Gasteiger partial charge on any atom is 0.271 e. The molecular formula is C21H21N7O4S. The van der Waals surface area contributed by atoms with Crippen molar-refractivity contribution < 1.29 is 17.7 Å². The third-order valence-corrected chi connectivity index (χ3v) is 5.74. The standard InChI is InChI=1S/C21H21N7O4S/c1-2-18-26-21(32-27-18)15-8-10-23-19(11-15)28-12-17(25-13-28)20(29)24-9-7-14-3-5-16(6-4-14)33(22,30)31/h3-6,8,10-13H,2,7,9H2,1H3,(H,24,29)(H2,22,30,31). The fraction of sp³-hybridized carbons (Fsp3) is 0.190. The number of pyridine rings is 1. The first-order valence-electron chi connectivity index (χ1n) is 10.1. The van der Waals surface area contributed by atoms with Crippen molar-refractivity contribution in [1.82, 2.24) is 30.0 Å². The van der Waals surface area contributed by atoms with Crippen LogP contribution in [0.5, 0.6) is 0 Å². The summed E-state index contributed by atoms with van der Waals surface area (Å²) in [6.07, 6.45) is 5.88. The molecule has 3 heterocycles. The van der Waals surface area contributed by atoms with E-state index < -0.39 is 10.0 Å². The number of sulfonamides is 1. The number of hydrogen-bond donors (Lipinski definition) is 2. The number of hydrogen-bond acceptors (Lipinski definition) is 8. The largest absolute Gasteiger partial charge is 0.350 e. The Kier molecular flexibility index (Phi) is 6.29. The van der Waals surface area contributed by atoms with Crippen LogP contribution in [0.2, 0.25) is 0 Å². The molecule has 12 heteroatoms. The first-order valence-corrected chi connectivity index (χ1v) is 11.6. The number of nitrogens with one attached hydrogen (secondary N) is 1.